The van der Waals surface area contributed by atoms with Crippen molar-refractivity contribution in [3.8, 4) is 0 Å². The van der Waals surface area contributed by atoms with Gasteiger partial charge >= 0.3 is 6.03 Å². The molecule has 0 saturated carbocycles. The SMILES string of the molecule is C[C@H]1CN2CCC[C@H]2CN1C(=O)N1Cc2c(NC(=O)c3cccc(F)c3F)n[nH]c2C1(C)C. The second-order valence-corrected chi connectivity index (χ2v) is 9.70. The quantitative estimate of drug-likeness (QED) is 0.724. The van der Waals surface area contributed by atoms with Gasteiger partial charge in [-0.05, 0) is 52.3 Å². The molecule has 3 aliphatic rings. The number of amides is 3. The first-order valence-electron chi connectivity index (χ1n) is 11.3. The lowest BCUT2D eigenvalue weighted by Gasteiger charge is -2.45. The lowest BCUT2D eigenvalue weighted by molar-refractivity contribution is 0.0454. The monoisotopic (exact) mass is 458 g/mol. The van der Waals surface area contributed by atoms with Crippen molar-refractivity contribution in [3.05, 3.63) is 46.7 Å². The average Bonchev–Trinajstić information content (AvgIpc) is 3.45. The van der Waals surface area contributed by atoms with Gasteiger partial charge in [0, 0.05) is 30.7 Å². The molecule has 33 heavy (non-hydrogen) atoms. The van der Waals surface area contributed by atoms with E-state index >= 15 is 0 Å². The van der Waals surface area contributed by atoms with Gasteiger partial charge < -0.3 is 15.1 Å². The molecule has 10 heteroatoms. The number of hydrogen-bond donors (Lipinski definition) is 2. The first-order valence-corrected chi connectivity index (χ1v) is 11.3. The fourth-order valence-electron chi connectivity index (χ4n) is 5.39. The number of nitrogens with zero attached hydrogens (tertiary/aromatic N) is 4. The second kappa shape index (κ2) is 7.79. The van der Waals surface area contributed by atoms with Crippen molar-refractivity contribution < 1.29 is 18.4 Å². The second-order valence-electron chi connectivity index (χ2n) is 9.70. The average molecular weight is 459 g/mol. The van der Waals surface area contributed by atoms with Gasteiger partial charge in [-0.3, -0.25) is 14.8 Å². The lowest BCUT2D eigenvalue weighted by atomic mass is 10.0. The van der Waals surface area contributed by atoms with Crippen LogP contribution in [-0.2, 0) is 12.1 Å². The Bertz CT molecular complexity index is 1120. The summed E-state index contributed by atoms with van der Waals surface area (Å²) in [7, 11) is 0. The highest BCUT2D eigenvalue weighted by atomic mass is 19.2. The van der Waals surface area contributed by atoms with E-state index in [1.54, 1.807) is 4.90 Å². The molecular formula is C23H28F2N6O2. The number of carbonyl (C=O) groups is 2. The predicted octanol–water partition coefficient (Wildman–Crippen LogP) is 3.28. The van der Waals surface area contributed by atoms with E-state index in [2.05, 4.69) is 27.3 Å². The Morgan fingerprint density at radius 3 is 2.82 bits per heavy atom. The van der Waals surface area contributed by atoms with Crippen molar-refractivity contribution in [2.24, 2.45) is 0 Å². The maximum Gasteiger partial charge on any atom is 0.321 e. The lowest BCUT2D eigenvalue weighted by Crippen LogP contribution is -2.60. The van der Waals surface area contributed by atoms with Crippen LogP contribution in [0.5, 0.6) is 0 Å². The maximum atomic E-state index is 14.1. The normalized spacial score (nSPS) is 24.0. The number of rotatable bonds is 2. The number of anilines is 1. The summed E-state index contributed by atoms with van der Waals surface area (Å²) in [5, 5.41) is 9.70. The molecule has 3 amide bonds. The molecule has 0 bridgehead atoms. The Labute approximate surface area is 190 Å². The van der Waals surface area contributed by atoms with Gasteiger partial charge in [0.25, 0.3) is 5.91 Å². The Balaban J connectivity index is 1.36. The highest BCUT2D eigenvalue weighted by Crippen LogP contribution is 2.42. The van der Waals surface area contributed by atoms with E-state index < -0.39 is 28.6 Å². The first-order chi connectivity index (χ1) is 15.7. The van der Waals surface area contributed by atoms with Crippen molar-refractivity contribution in [2.45, 2.75) is 57.8 Å². The minimum absolute atomic E-state index is 0.0444. The van der Waals surface area contributed by atoms with Crippen molar-refractivity contribution in [1.29, 1.82) is 0 Å². The molecule has 2 atom stereocenters. The summed E-state index contributed by atoms with van der Waals surface area (Å²) in [5.41, 5.74) is 0.322. The van der Waals surface area contributed by atoms with Gasteiger partial charge in [0.2, 0.25) is 0 Å². The van der Waals surface area contributed by atoms with E-state index in [0.717, 1.165) is 31.3 Å². The van der Waals surface area contributed by atoms with Crippen LogP contribution in [0.2, 0.25) is 0 Å². The van der Waals surface area contributed by atoms with Crippen LogP contribution in [0.1, 0.15) is 55.2 Å². The van der Waals surface area contributed by atoms with E-state index in [1.165, 1.54) is 18.6 Å². The fraction of sp³-hybridized carbons (Fsp3) is 0.522. The van der Waals surface area contributed by atoms with E-state index in [4.69, 9.17) is 0 Å². The molecule has 8 nitrogen and oxygen atoms in total. The van der Waals surface area contributed by atoms with Crippen molar-refractivity contribution >= 4 is 17.8 Å². The fourth-order valence-corrected chi connectivity index (χ4v) is 5.39. The number of urea groups is 1. The summed E-state index contributed by atoms with van der Waals surface area (Å²) in [6.07, 6.45) is 2.27. The molecule has 2 fully saturated rings. The number of hydrogen-bond acceptors (Lipinski definition) is 4. The molecule has 176 valence electrons. The molecule has 1 aromatic carbocycles. The van der Waals surface area contributed by atoms with Gasteiger partial charge in [0.1, 0.15) is 0 Å². The molecule has 2 aromatic rings. The minimum Gasteiger partial charge on any atom is -0.319 e. The van der Waals surface area contributed by atoms with Crippen LogP contribution >= 0.6 is 0 Å². The van der Waals surface area contributed by atoms with Gasteiger partial charge in [-0.2, -0.15) is 5.10 Å². The molecule has 0 spiro atoms. The summed E-state index contributed by atoms with van der Waals surface area (Å²) >= 11 is 0. The number of carbonyl (C=O) groups excluding carboxylic acids is 2. The van der Waals surface area contributed by atoms with Crippen LogP contribution in [0, 0.1) is 11.6 Å². The number of H-pyrrole nitrogens is 1. The summed E-state index contributed by atoms with van der Waals surface area (Å²) in [4.78, 5) is 32.4. The third-order valence-corrected chi connectivity index (χ3v) is 7.31. The number of aromatic nitrogens is 2. The molecule has 0 radical (unpaired) electrons. The third-order valence-electron chi connectivity index (χ3n) is 7.31. The largest absolute Gasteiger partial charge is 0.321 e. The van der Waals surface area contributed by atoms with E-state index in [0.29, 0.717) is 18.2 Å². The predicted molar refractivity (Wildman–Crippen MR) is 118 cm³/mol. The summed E-state index contributed by atoms with van der Waals surface area (Å²) in [6.45, 7) is 8.88. The number of piperazine rings is 1. The standard InChI is InChI=1S/C23H28F2N6O2/c1-13-10-29-9-5-6-14(29)11-30(13)22(33)31-12-16-19(23(31,2)3)27-28-20(16)26-21(32)15-7-4-8-17(24)18(15)25/h4,7-8,13-14H,5-6,9-12H2,1-3H3,(H2,26,27,28,32)/t13-,14-/m0/s1. The van der Waals surface area contributed by atoms with Crippen molar-refractivity contribution in [3.63, 3.8) is 0 Å². The number of nitrogens with one attached hydrogen (secondary N) is 2. The number of fused-ring (bicyclic) bond motifs is 2. The van der Waals surface area contributed by atoms with Crippen LogP contribution in [0.25, 0.3) is 0 Å². The number of aromatic amines is 1. The Hall–Kier alpha value is -3.01. The molecule has 3 aliphatic heterocycles. The van der Waals surface area contributed by atoms with Crippen LogP contribution in [-0.4, -0.2) is 68.6 Å². The van der Waals surface area contributed by atoms with Gasteiger partial charge in [-0.15, -0.1) is 0 Å². The maximum absolute atomic E-state index is 14.1. The van der Waals surface area contributed by atoms with E-state index in [-0.39, 0.29) is 24.4 Å². The molecule has 5 rings (SSSR count). The van der Waals surface area contributed by atoms with Crippen LogP contribution in [0.15, 0.2) is 18.2 Å². The molecule has 0 unspecified atom stereocenters. The molecule has 0 aliphatic carbocycles. The zero-order valence-electron chi connectivity index (χ0n) is 19.0. The highest BCUT2D eigenvalue weighted by Gasteiger charge is 2.47. The van der Waals surface area contributed by atoms with Crippen molar-refractivity contribution in [1.82, 2.24) is 24.9 Å². The highest BCUT2D eigenvalue weighted by molar-refractivity contribution is 6.04. The van der Waals surface area contributed by atoms with Crippen LogP contribution < -0.4 is 5.32 Å². The van der Waals surface area contributed by atoms with Gasteiger partial charge in [-0.25, -0.2) is 13.6 Å². The van der Waals surface area contributed by atoms with E-state index in [9.17, 15) is 18.4 Å². The zero-order valence-corrected chi connectivity index (χ0v) is 19.0. The van der Waals surface area contributed by atoms with E-state index in [1.807, 2.05) is 18.7 Å². The number of benzene rings is 1. The topological polar surface area (TPSA) is 84.6 Å². The number of halogens is 2. The van der Waals surface area contributed by atoms with Gasteiger partial charge in [0.15, 0.2) is 17.5 Å². The molecule has 2 saturated heterocycles. The zero-order chi connectivity index (χ0) is 23.5. The van der Waals surface area contributed by atoms with Gasteiger partial charge in [-0.1, -0.05) is 6.07 Å². The van der Waals surface area contributed by atoms with Crippen LogP contribution in [0.4, 0.5) is 19.4 Å². The minimum atomic E-state index is -1.21. The summed E-state index contributed by atoms with van der Waals surface area (Å²) < 4.78 is 27.6. The molecular weight excluding hydrogens is 430 g/mol. The smallest absolute Gasteiger partial charge is 0.319 e. The summed E-state index contributed by atoms with van der Waals surface area (Å²) in [6, 6.07) is 3.91. The van der Waals surface area contributed by atoms with Crippen LogP contribution in [0.3, 0.4) is 0 Å². The van der Waals surface area contributed by atoms with Crippen molar-refractivity contribution in [2.75, 3.05) is 25.0 Å². The van der Waals surface area contributed by atoms with Gasteiger partial charge in [0.05, 0.1) is 23.3 Å². The molecule has 4 heterocycles. The Morgan fingerprint density at radius 1 is 1.24 bits per heavy atom. The molecule has 1 aromatic heterocycles. The summed E-state index contributed by atoms with van der Waals surface area (Å²) in [5.74, 6) is -2.88. The third kappa shape index (κ3) is 3.47. The Kier molecular flexibility index (Phi) is 5.15. The Morgan fingerprint density at radius 2 is 2.03 bits per heavy atom. The first kappa shape index (κ1) is 21.8. The molecule has 2 N–H and O–H groups in total.